The standard InChI is InChI=1S/C18H18N6O/c1-12-16(13(2)25-22-12)11-23(3)18-19-9-14-10-20-24(17(14)21-18)15-7-5-4-6-8-15/h4-10H,11H2,1-3H3. The highest BCUT2D eigenvalue weighted by atomic mass is 16.5. The second-order valence-electron chi connectivity index (χ2n) is 6.00. The molecule has 0 aliphatic heterocycles. The second-order valence-corrected chi connectivity index (χ2v) is 6.00. The van der Waals surface area contributed by atoms with Crippen molar-refractivity contribution in [1.29, 1.82) is 0 Å². The normalized spacial score (nSPS) is 11.2. The first-order chi connectivity index (χ1) is 12.1. The van der Waals surface area contributed by atoms with Gasteiger partial charge >= 0.3 is 0 Å². The summed E-state index contributed by atoms with van der Waals surface area (Å²) in [6.45, 7) is 4.48. The minimum Gasteiger partial charge on any atom is -0.361 e. The van der Waals surface area contributed by atoms with Gasteiger partial charge in [-0.2, -0.15) is 10.1 Å². The van der Waals surface area contributed by atoms with E-state index in [-0.39, 0.29) is 0 Å². The minimum absolute atomic E-state index is 0.630. The van der Waals surface area contributed by atoms with Gasteiger partial charge in [-0.3, -0.25) is 0 Å². The maximum absolute atomic E-state index is 5.24. The zero-order chi connectivity index (χ0) is 17.4. The molecule has 0 aliphatic carbocycles. The summed E-state index contributed by atoms with van der Waals surface area (Å²) in [5.74, 6) is 1.45. The molecule has 4 rings (SSSR count). The van der Waals surface area contributed by atoms with Gasteiger partial charge in [-0.25, -0.2) is 9.67 Å². The first-order valence-corrected chi connectivity index (χ1v) is 8.02. The predicted molar refractivity (Wildman–Crippen MR) is 94.7 cm³/mol. The Morgan fingerprint density at radius 2 is 1.92 bits per heavy atom. The Morgan fingerprint density at radius 3 is 2.64 bits per heavy atom. The topological polar surface area (TPSA) is 72.9 Å². The molecule has 0 spiro atoms. The predicted octanol–water partition coefficient (Wildman–Crippen LogP) is 3.06. The molecule has 0 atom stereocenters. The fraction of sp³-hybridized carbons (Fsp3) is 0.222. The molecular formula is C18H18N6O. The van der Waals surface area contributed by atoms with E-state index >= 15 is 0 Å². The number of benzene rings is 1. The summed E-state index contributed by atoms with van der Waals surface area (Å²) in [4.78, 5) is 11.2. The van der Waals surface area contributed by atoms with Gasteiger partial charge < -0.3 is 9.42 Å². The molecule has 3 aromatic heterocycles. The molecule has 7 nitrogen and oxygen atoms in total. The Morgan fingerprint density at radius 1 is 1.12 bits per heavy atom. The second kappa shape index (κ2) is 6.01. The lowest BCUT2D eigenvalue weighted by atomic mass is 10.2. The summed E-state index contributed by atoms with van der Waals surface area (Å²) in [5, 5.41) is 9.34. The number of aromatic nitrogens is 5. The molecule has 4 aromatic rings. The van der Waals surface area contributed by atoms with E-state index in [9.17, 15) is 0 Å². The van der Waals surface area contributed by atoms with Crippen LogP contribution >= 0.6 is 0 Å². The van der Waals surface area contributed by atoms with Crippen LogP contribution < -0.4 is 4.90 Å². The molecule has 7 heteroatoms. The van der Waals surface area contributed by atoms with Crippen molar-refractivity contribution in [1.82, 2.24) is 24.9 Å². The highest BCUT2D eigenvalue weighted by Gasteiger charge is 2.15. The van der Waals surface area contributed by atoms with E-state index in [1.807, 2.05) is 60.8 Å². The van der Waals surface area contributed by atoms with Crippen molar-refractivity contribution in [3.05, 3.63) is 59.7 Å². The fourth-order valence-electron chi connectivity index (χ4n) is 2.79. The van der Waals surface area contributed by atoms with E-state index < -0.39 is 0 Å². The Bertz CT molecular complexity index is 1000. The molecule has 3 heterocycles. The summed E-state index contributed by atoms with van der Waals surface area (Å²) in [5.41, 5.74) is 3.69. The summed E-state index contributed by atoms with van der Waals surface area (Å²) in [6.07, 6.45) is 3.58. The molecule has 0 saturated carbocycles. The fourth-order valence-corrected chi connectivity index (χ4v) is 2.79. The van der Waals surface area contributed by atoms with Crippen molar-refractivity contribution in [3.8, 4) is 5.69 Å². The van der Waals surface area contributed by atoms with Crippen LogP contribution in [0.4, 0.5) is 5.95 Å². The van der Waals surface area contributed by atoms with Gasteiger partial charge in [0, 0.05) is 18.8 Å². The van der Waals surface area contributed by atoms with Crippen LogP contribution in [0.2, 0.25) is 0 Å². The zero-order valence-electron chi connectivity index (χ0n) is 14.3. The number of hydrogen-bond acceptors (Lipinski definition) is 6. The molecule has 25 heavy (non-hydrogen) atoms. The molecule has 0 fully saturated rings. The summed E-state index contributed by atoms with van der Waals surface area (Å²) < 4.78 is 7.06. The van der Waals surface area contributed by atoms with Gasteiger partial charge in [0.05, 0.1) is 29.5 Å². The quantitative estimate of drug-likeness (QED) is 0.571. The maximum atomic E-state index is 5.24. The van der Waals surface area contributed by atoms with E-state index in [0.717, 1.165) is 33.7 Å². The molecule has 0 radical (unpaired) electrons. The zero-order valence-corrected chi connectivity index (χ0v) is 14.3. The molecule has 0 aliphatic rings. The molecule has 0 amide bonds. The molecule has 0 bridgehead atoms. The smallest absolute Gasteiger partial charge is 0.227 e. The number of para-hydroxylation sites is 1. The number of aryl methyl sites for hydroxylation is 2. The Hall–Kier alpha value is -3.22. The van der Waals surface area contributed by atoms with Crippen LogP contribution in [-0.4, -0.2) is 32.0 Å². The molecule has 0 unspecified atom stereocenters. The highest BCUT2D eigenvalue weighted by molar-refractivity contribution is 5.76. The number of fused-ring (bicyclic) bond motifs is 1. The average molecular weight is 334 g/mol. The SMILES string of the molecule is Cc1noc(C)c1CN(C)c1ncc2cnn(-c3ccccc3)c2n1. The monoisotopic (exact) mass is 334 g/mol. The van der Waals surface area contributed by atoms with Crippen LogP contribution in [0.3, 0.4) is 0 Å². The van der Waals surface area contributed by atoms with Crippen molar-refractivity contribution in [2.75, 3.05) is 11.9 Å². The third-order valence-electron chi connectivity index (χ3n) is 4.21. The van der Waals surface area contributed by atoms with Crippen LogP contribution in [0.25, 0.3) is 16.7 Å². The number of nitrogens with zero attached hydrogens (tertiary/aromatic N) is 6. The van der Waals surface area contributed by atoms with Crippen molar-refractivity contribution in [3.63, 3.8) is 0 Å². The Balaban J connectivity index is 1.71. The molecule has 0 saturated heterocycles. The number of rotatable bonds is 4. The van der Waals surface area contributed by atoms with Crippen molar-refractivity contribution in [2.45, 2.75) is 20.4 Å². The Labute approximate surface area is 144 Å². The third kappa shape index (κ3) is 2.73. The lowest BCUT2D eigenvalue weighted by Gasteiger charge is -2.16. The van der Waals surface area contributed by atoms with E-state index in [0.29, 0.717) is 12.5 Å². The van der Waals surface area contributed by atoms with E-state index in [1.165, 1.54) is 0 Å². The summed E-state index contributed by atoms with van der Waals surface area (Å²) in [6, 6.07) is 9.94. The lowest BCUT2D eigenvalue weighted by Crippen LogP contribution is -2.20. The minimum atomic E-state index is 0.630. The summed E-state index contributed by atoms with van der Waals surface area (Å²) >= 11 is 0. The van der Waals surface area contributed by atoms with Gasteiger partial charge in [-0.1, -0.05) is 23.4 Å². The first kappa shape index (κ1) is 15.3. The number of hydrogen-bond donors (Lipinski definition) is 0. The van der Waals surface area contributed by atoms with Crippen molar-refractivity contribution in [2.24, 2.45) is 0 Å². The molecule has 1 aromatic carbocycles. The van der Waals surface area contributed by atoms with Crippen LogP contribution in [0.1, 0.15) is 17.0 Å². The largest absolute Gasteiger partial charge is 0.361 e. The Kier molecular flexibility index (Phi) is 3.68. The van der Waals surface area contributed by atoms with E-state index in [2.05, 4.69) is 15.2 Å². The van der Waals surface area contributed by atoms with Gasteiger partial charge in [0.2, 0.25) is 5.95 Å². The lowest BCUT2D eigenvalue weighted by molar-refractivity contribution is 0.392. The average Bonchev–Trinajstić information content (AvgIpc) is 3.20. The van der Waals surface area contributed by atoms with Crippen molar-refractivity contribution >= 4 is 17.0 Å². The van der Waals surface area contributed by atoms with Crippen molar-refractivity contribution < 1.29 is 4.52 Å². The van der Waals surface area contributed by atoms with Gasteiger partial charge in [-0.05, 0) is 26.0 Å². The first-order valence-electron chi connectivity index (χ1n) is 8.02. The van der Waals surface area contributed by atoms with E-state index in [4.69, 9.17) is 9.51 Å². The van der Waals surface area contributed by atoms with Gasteiger partial charge in [0.1, 0.15) is 5.76 Å². The van der Waals surface area contributed by atoms with E-state index in [1.54, 1.807) is 12.4 Å². The molecule has 0 N–H and O–H groups in total. The highest BCUT2D eigenvalue weighted by Crippen LogP contribution is 2.20. The number of anilines is 1. The molecule has 126 valence electrons. The van der Waals surface area contributed by atoms with Crippen LogP contribution in [0.5, 0.6) is 0 Å². The van der Waals surface area contributed by atoms with Gasteiger partial charge in [0.25, 0.3) is 0 Å². The van der Waals surface area contributed by atoms with Gasteiger partial charge in [0.15, 0.2) is 5.65 Å². The third-order valence-corrected chi connectivity index (χ3v) is 4.21. The van der Waals surface area contributed by atoms with Crippen LogP contribution in [-0.2, 0) is 6.54 Å². The molecular weight excluding hydrogens is 316 g/mol. The van der Waals surface area contributed by atoms with Gasteiger partial charge in [-0.15, -0.1) is 0 Å². The van der Waals surface area contributed by atoms with Crippen LogP contribution in [0.15, 0.2) is 47.2 Å². The maximum Gasteiger partial charge on any atom is 0.227 e. The van der Waals surface area contributed by atoms with Crippen LogP contribution in [0, 0.1) is 13.8 Å². The summed E-state index contributed by atoms with van der Waals surface area (Å²) in [7, 11) is 1.95.